The lowest BCUT2D eigenvalue weighted by molar-refractivity contribution is -0.118. The summed E-state index contributed by atoms with van der Waals surface area (Å²) in [6.45, 7) is 5.49. The Morgan fingerprint density at radius 2 is 1.64 bits per heavy atom. The minimum atomic E-state index is -0.340. The fourth-order valence-electron chi connectivity index (χ4n) is 3.49. The van der Waals surface area contributed by atoms with Crippen LogP contribution in [0.15, 0.2) is 65.1 Å². The molecule has 0 aliphatic rings. The van der Waals surface area contributed by atoms with Crippen molar-refractivity contribution in [2.24, 2.45) is 0 Å². The summed E-state index contributed by atoms with van der Waals surface area (Å²) in [5.41, 5.74) is 4.46. The van der Waals surface area contributed by atoms with Gasteiger partial charge in [0.15, 0.2) is 12.4 Å². The van der Waals surface area contributed by atoms with E-state index in [2.05, 4.69) is 10.6 Å². The average Bonchev–Trinajstić information content (AvgIpc) is 3.22. The van der Waals surface area contributed by atoms with Crippen molar-refractivity contribution in [2.45, 2.75) is 20.8 Å². The molecule has 33 heavy (non-hydrogen) atoms. The predicted octanol–water partition coefficient (Wildman–Crippen LogP) is 6.28. The lowest BCUT2D eigenvalue weighted by atomic mass is 10.1. The van der Waals surface area contributed by atoms with E-state index in [1.807, 2.05) is 45.0 Å². The highest BCUT2D eigenvalue weighted by atomic mass is 35.5. The summed E-state index contributed by atoms with van der Waals surface area (Å²) in [5, 5.41) is 7.21. The monoisotopic (exact) mass is 462 g/mol. The zero-order valence-electron chi connectivity index (χ0n) is 18.5. The molecular weight excluding hydrogens is 440 g/mol. The molecule has 0 aliphatic carbocycles. The van der Waals surface area contributed by atoms with Crippen molar-refractivity contribution in [3.8, 4) is 5.75 Å². The molecule has 0 spiro atoms. The molecule has 6 nitrogen and oxygen atoms in total. The van der Waals surface area contributed by atoms with Crippen molar-refractivity contribution < 1.29 is 18.7 Å². The number of carbonyl (C=O) groups is 2. The summed E-state index contributed by atoms with van der Waals surface area (Å²) in [6, 6.07) is 18.0. The Labute approximate surface area is 196 Å². The van der Waals surface area contributed by atoms with E-state index >= 15 is 0 Å². The van der Waals surface area contributed by atoms with E-state index in [9.17, 15) is 9.59 Å². The molecule has 4 aromatic rings. The van der Waals surface area contributed by atoms with Gasteiger partial charge in [-0.3, -0.25) is 9.59 Å². The fourth-order valence-corrected chi connectivity index (χ4v) is 3.60. The summed E-state index contributed by atoms with van der Waals surface area (Å²) in [5.74, 6) is 0.189. The van der Waals surface area contributed by atoms with Crippen LogP contribution in [0.3, 0.4) is 0 Å². The van der Waals surface area contributed by atoms with Gasteiger partial charge in [-0.15, -0.1) is 0 Å². The van der Waals surface area contributed by atoms with Crippen LogP contribution in [0.1, 0.15) is 27.2 Å². The molecule has 0 aliphatic heterocycles. The minimum Gasteiger partial charge on any atom is -0.484 e. The van der Waals surface area contributed by atoms with Gasteiger partial charge in [0.05, 0.1) is 0 Å². The second-order valence-corrected chi connectivity index (χ2v) is 8.22. The third kappa shape index (κ3) is 5.18. The molecule has 0 unspecified atom stereocenters. The van der Waals surface area contributed by atoms with E-state index < -0.39 is 0 Å². The first-order chi connectivity index (χ1) is 15.8. The maximum absolute atomic E-state index is 12.6. The maximum Gasteiger partial charge on any atom is 0.291 e. The van der Waals surface area contributed by atoms with Gasteiger partial charge in [0, 0.05) is 21.8 Å². The smallest absolute Gasteiger partial charge is 0.291 e. The van der Waals surface area contributed by atoms with Crippen molar-refractivity contribution in [1.82, 2.24) is 0 Å². The van der Waals surface area contributed by atoms with Gasteiger partial charge >= 0.3 is 0 Å². The number of halogens is 1. The van der Waals surface area contributed by atoms with Crippen molar-refractivity contribution in [2.75, 3.05) is 17.2 Å². The molecule has 1 aromatic heterocycles. The van der Waals surface area contributed by atoms with Crippen LogP contribution in [0.25, 0.3) is 11.0 Å². The van der Waals surface area contributed by atoms with E-state index in [4.69, 9.17) is 20.8 Å². The van der Waals surface area contributed by atoms with E-state index in [-0.39, 0.29) is 24.2 Å². The zero-order valence-corrected chi connectivity index (χ0v) is 19.2. The first-order valence-electron chi connectivity index (χ1n) is 10.4. The Morgan fingerprint density at radius 3 is 2.33 bits per heavy atom. The number of fused-ring (bicyclic) bond motifs is 1. The third-order valence-corrected chi connectivity index (χ3v) is 5.78. The SMILES string of the molecule is Cc1cc(NC(=O)COc2cc(C)c(Cl)c(C)c2)ccc1NC(=O)c1cc2ccccc2o1. The van der Waals surface area contributed by atoms with Crippen molar-refractivity contribution in [3.63, 3.8) is 0 Å². The number of rotatable bonds is 6. The number of para-hydroxylation sites is 1. The quantitative estimate of drug-likeness (QED) is 0.353. The van der Waals surface area contributed by atoms with Gasteiger partial charge in [-0.25, -0.2) is 0 Å². The summed E-state index contributed by atoms with van der Waals surface area (Å²) < 4.78 is 11.2. The second kappa shape index (κ2) is 9.38. The molecule has 0 atom stereocenters. The molecule has 7 heteroatoms. The molecular formula is C26H23ClN2O4. The first-order valence-corrected chi connectivity index (χ1v) is 10.8. The molecule has 0 radical (unpaired) electrons. The second-order valence-electron chi connectivity index (χ2n) is 7.84. The number of aryl methyl sites for hydroxylation is 3. The van der Waals surface area contributed by atoms with Crippen LogP contribution in [-0.4, -0.2) is 18.4 Å². The molecule has 0 saturated carbocycles. The van der Waals surface area contributed by atoms with Crippen LogP contribution in [-0.2, 0) is 4.79 Å². The summed E-state index contributed by atoms with van der Waals surface area (Å²) >= 11 is 6.17. The minimum absolute atomic E-state index is 0.135. The molecule has 2 amide bonds. The molecule has 0 fully saturated rings. The molecule has 168 valence electrons. The number of benzene rings is 3. The van der Waals surface area contributed by atoms with Gasteiger partial charge in [0.1, 0.15) is 11.3 Å². The molecule has 3 aromatic carbocycles. The molecule has 0 saturated heterocycles. The van der Waals surface area contributed by atoms with Gasteiger partial charge in [0.2, 0.25) is 0 Å². The van der Waals surface area contributed by atoms with Crippen molar-refractivity contribution >= 4 is 45.8 Å². The van der Waals surface area contributed by atoms with Crippen LogP contribution in [0.5, 0.6) is 5.75 Å². The van der Waals surface area contributed by atoms with Gasteiger partial charge in [-0.05, 0) is 79.9 Å². The first kappa shape index (κ1) is 22.4. The summed E-state index contributed by atoms with van der Waals surface area (Å²) in [4.78, 5) is 24.9. The number of ether oxygens (including phenoxy) is 1. The molecule has 2 N–H and O–H groups in total. The highest BCUT2D eigenvalue weighted by molar-refractivity contribution is 6.32. The zero-order chi connectivity index (χ0) is 23.5. The number of anilines is 2. The third-order valence-electron chi connectivity index (χ3n) is 5.19. The highest BCUT2D eigenvalue weighted by Gasteiger charge is 2.14. The Morgan fingerprint density at radius 1 is 0.909 bits per heavy atom. The fraction of sp³-hybridized carbons (Fsp3) is 0.154. The van der Waals surface area contributed by atoms with Crippen LogP contribution >= 0.6 is 11.6 Å². The normalized spacial score (nSPS) is 10.8. The Bertz CT molecular complexity index is 1300. The Hall–Kier alpha value is -3.77. The molecule has 4 rings (SSSR count). The van der Waals surface area contributed by atoms with E-state index in [1.165, 1.54) is 0 Å². The van der Waals surface area contributed by atoms with Crippen LogP contribution in [0, 0.1) is 20.8 Å². The van der Waals surface area contributed by atoms with Gasteiger partial charge in [-0.2, -0.15) is 0 Å². The van der Waals surface area contributed by atoms with E-state index in [1.54, 1.807) is 36.4 Å². The lowest BCUT2D eigenvalue weighted by Gasteiger charge is -2.12. The van der Waals surface area contributed by atoms with Crippen molar-refractivity contribution in [3.05, 3.63) is 88.1 Å². The summed E-state index contributed by atoms with van der Waals surface area (Å²) in [7, 11) is 0. The standard InChI is InChI=1S/C26H23ClN2O4/c1-15-10-19(28-24(30)14-32-20-11-16(2)25(27)17(3)12-20)8-9-21(15)29-26(31)23-13-18-6-4-5-7-22(18)33-23/h4-13H,14H2,1-3H3,(H,28,30)(H,29,31). The molecule has 1 heterocycles. The van der Waals surface area contributed by atoms with Crippen LogP contribution in [0.4, 0.5) is 11.4 Å². The Balaban J connectivity index is 1.36. The maximum atomic E-state index is 12.6. The largest absolute Gasteiger partial charge is 0.484 e. The van der Waals surface area contributed by atoms with Gasteiger partial charge in [-0.1, -0.05) is 29.8 Å². The number of furan rings is 1. The number of hydrogen-bond donors (Lipinski definition) is 2. The number of nitrogens with one attached hydrogen (secondary N) is 2. The number of amides is 2. The van der Waals surface area contributed by atoms with Crippen molar-refractivity contribution in [1.29, 1.82) is 0 Å². The number of hydrogen-bond acceptors (Lipinski definition) is 4. The van der Waals surface area contributed by atoms with E-state index in [0.717, 1.165) is 22.1 Å². The van der Waals surface area contributed by atoms with Gasteiger partial charge in [0.25, 0.3) is 11.8 Å². The van der Waals surface area contributed by atoms with Crippen LogP contribution < -0.4 is 15.4 Å². The average molecular weight is 463 g/mol. The van der Waals surface area contributed by atoms with Gasteiger partial charge < -0.3 is 19.8 Å². The highest BCUT2D eigenvalue weighted by Crippen LogP contribution is 2.26. The number of carbonyl (C=O) groups excluding carboxylic acids is 2. The van der Waals surface area contributed by atoms with Crippen LogP contribution in [0.2, 0.25) is 5.02 Å². The lowest BCUT2D eigenvalue weighted by Crippen LogP contribution is -2.20. The van der Waals surface area contributed by atoms with E-state index in [0.29, 0.717) is 27.7 Å². The Kier molecular flexibility index (Phi) is 6.38. The topological polar surface area (TPSA) is 80.6 Å². The molecule has 0 bridgehead atoms. The predicted molar refractivity (Wildman–Crippen MR) is 130 cm³/mol. The summed E-state index contributed by atoms with van der Waals surface area (Å²) in [6.07, 6.45) is 0.